The third kappa shape index (κ3) is 1.56. The molecule has 0 spiro atoms. The zero-order chi connectivity index (χ0) is 9.10. The molecule has 0 aromatic carbocycles. The molecule has 2 rings (SSSR count). The van der Waals surface area contributed by atoms with Gasteiger partial charge >= 0.3 is 0 Å². The third-order valence-electron chi connectivity index (χ3n) is 2.52. The summed E-state index contributed by atoms with van der Waals surface area (Å²) in [5, 5.41) is 15.5. The van der Waals surface area contributed by atoms with Crippen molar-refractivity contribution < 1.29 is 0 Å². The quantitative estimate of drug-likeness (QED) is 0.686. The van der Waals surface area contributed by atoms with E-state index in [0.717, 1.165) is 18.7 Å². The van der Waals surface area contributed by atoms with Gasteiger partial charge in [0.25, 0.3) is 0 Å². The van der Waals surface area contributed by atoms with Crippen molar-refractivity contribution in [1.29, 1.82) is 5.26 Å². The number of hydrogen-bond acceptors (Lipinski definition) is 3. The molecule has 1 aromatic heterocycles. The van der Waals surface area contributed by atoms with Gasteiger partial charge in [-0.2, -0.15) is 10.4 Å². The lowest BCUT2D eigenvalue weighted by Gasteiger charge is -2.19. The van der Waals surface area contributed by atoms with Gasteiger partial charge in [0.15, 0.2) is 0 Å². The fourth-order valence-corrected chi connectivity index (χ4v) is 1.91. The molecule has 0 amide bonds. The molecule has 1 unspecified atom stereocenters. The summed E-state index contributed by atoms with van der Waals surface area (Å²) in [6.45, 7) is 1.54. The monoisotopic (exact) mass is 176 g/mol. The molecule has 68 valence electrons. The number of nitrogens with zero attached hydrogens (tertiary/aromatic N) is 3. The van der Waals surface area contributed by atoms with Crippen LogP contribution in [0.2, 0.25) is 0 Å². The van der Waals surface area contributed by atoms with Gasteiger partial charge in [0.05, 0.1) is 24.3 Å². The van der Waals surface area contributed by atoms with Crippen LogP contribution in [0.15, 0.2) is 12.3 Å². The smallest absolute Gasteiger partial charge is 0.0871 e. The molecule has 1 aliphatic rings. The largest absolute Gasteiger partial charge is 0.282 e. The molecular formula is C9H12N4. The van der Waals surface area contributed by atoms with E-state index in [2.05, 4.69) is 21.2 Å². The van der Waals surface area contributed by atoms with Crippen molar-refractivity contribution in [3.8, 4) is 6.07 Å². The molecule has 1 fully saturated rings. The Balaban J connectivity index is 2.11. The minimum absolute atomic E-state index is 0.377. The Morgan fingerprint density at radius 2 is 2.69 bits per heavy atom. The van der Waals surface area contributed by atoms with E-state index >= 15 is 0 Å². The van der Waals surface area contributed by atoms with Crippen LogP contribution >= 0.6 is 0 Å². The molecule has 1 aliphatic heterocycles. The Bertz CT molecular complexity index is 298. The molecule has 0 radical (unpaired) electrons. The lowest BCUT2D eigenvalue weighted by molar-refractivity contribution is 0.284. The predicted octanol–water partition coefficient (Wildman–Crippen LogP) is 1.07. The number of hydrogen-bond donors (Lipinski definition) is 1. The third-order valence-corrected chi connectivity index (χ3v) is 2.52. The summed E-state index contributed by atoms with van der Waals surface area (Å²) in [4.78, 5) is 2.19. The molecule has 1 N–H and O–H groups in total. The van der Waals surface area contributed by atoms with Crippen molar-refractivity contribution in [3.05, 3.63) is 18.0 Å². The molecule has 1 atom stereocenters. The number of nitriles is 1. The van der Waals surface area contributed by atoms with Crippen LogP contribution in [-0.2, 0) is 0 Å². The summed E-state index contributed by atoms with van der Waals surface area (Å²) in [6, 6.07) is 4.56. The maximum atomic E-state index is 8.62. The second-order valence-corrected chi connectivity index (χ2v) is 3.30. The Morgan fingerprint density at radius 1 is 1.77 bits per heavy atom. The summed E-state index contributed by atoms with van der Waals surface area (Å²) in [5.41, 5.74) is 1.13. The zero-order valence-electron chi connectivity index (χ0n) is 7.40. The van der Waals surface area contributed by atoms with Gasteiger partial charge in [0.1, 0.15) is 0 Å². The standard InChI is InChI=1S/C9H12N4/c10-4-7-13-6-1-2-9(13)8-3-5-11-12-8/h3,5,9H,1-2,6-7H2,(H,11,12). The van der Waals surface area contributed by atoms with Crippen LogP contribution in [0.1, 0.15) is 24.6 Å². The summed E-state index contributed by atoms with van der Waals surface area (Å²) < 4.78 is 0. The molecule has 1 saturated heterocycles. The van der Waals surface area contributed by atoms with Gasteiger partial charge in [-0.05, 0) is 25.5 Å². The van der Waals surface area contributed by atoms with E-state index in [9.17, 15) is 0 Å². The predicted molar refractivity (Wildman–Crippen MR) is 47.7 cm³/mol. The molecule has 13 heavy (non-hydrogen) atoms. The highest BCUT2D eigenvalue weighted by Gasteiger charge is 2.26. The summed E-state index contributed by atoms with van der Waals surface area (Å²) in [5.74, 6) is 0. The van der Waals surface area contributed by atoms with Crippen LogP contribution in [0, 0.1) is 11.3 Å². The highest BCUT2D eigenvalue weighted by molar-refractivity contribution is 5.07. The minimum atomic E-state index is 0.377. The first-order chi connectivity index (χ1) is 6.42. The van der Waals surface area contributed by atoms with Gasteiger partial charge in [-0.3, -0.25) is 10.00 Å². The van der Waals surface area contributed by atoms with Crippen LogP contribution in [-0.4, -0.2) is 28.2 Å². The maximum Gasteiger partial charge on any atom is 0.0871 e. The number of aromatic amines is 1. The van der Waals surface area contributed by atoms with Crippen molar-refractivity contribution in [3.63, 3.8) is 0 Å². The maximum absolute atomic E-state index is 8.62. The average molecular weight is 176 g/mol. The normalized spacial score (nSPS) is 23.2. The Hall–Kier alpha value is -1.34. The lowest BCUT2D eigenvalue weighted by atomic mass is 10.1. The number of rotatable bonds is 2. The molecule has 0 bridgehead atoms. The SMILES string of the molecule is N#CCN1CCCC1c1ccn[nH]1. The van der Waals surface area contributed by atoms with E-state index in [-0.39, 0.29) is 0 Å². The molecule has 4 nitrogen and oxygen atoms in total. The van der Waals surface area contributed by atoms with E-state index in [1.54, 1.807) is 6.20 Å². The van der Waals surface area contributed by atoms with Gasteiger partial charge in [0.2, 0.25) is 0 Å². The molecule has 0 aliphatic carbocycles. The van der Waals surface area contributed by atoms with E-state index in [1.165, 1.54) is 6.42 Å². The van der Waals surface area contributed by atoms with Crippen LogP contribution < -0.4 is 0 Å². The van der Waals surface area contributed by atoms with E-state index in [1.807, 2.05) is 6.07 Å². The van der Waals surface area contributed by atoms with Gasteiger partial charge in [0, 0.05) is 6.20 Å². The molecule has 4 heteroatoms. The van der Waals surface area contributed by atoms with Gasteiger partial charge in [-0.25, -0.2) is 0 Å². The first-order valence-corrected chi connectivity index (χ1v) is 4.52. The van der Waals surface area contributed by atoms with Gasteiger partial charge in [-0.1, -0.05) is 0 Å². The first-order valence-electron chi connectivity index (χ1n) is 4.52. The van der Waals surface area contributed by atoms with Crippen molar-refractivity contribution >= 4 is 0 Å². The number of H-pyrrole nitrogens is 1. The minimum Gasteiger partial charge on any atom is -0.282 e. The van der Waals surface area contributed by atoms with Crippen molar-refractivity contribution in [2.75, 3.05) is 13.1 Å². The summed E-state index contributed by atoms with van der Waals surface area (Å²) in [7, 11) is 0. The molecule has 0 saturated carbocycles. The van der Waals surface area contributed by atoms with Crippen LogP contribution in [0.5, 0.6) is 0 Å². The van der Waals surface area contributed by atoms with Gasteiger partial charge < -0.3 is 0 Å². The van der Waals surface area contributed by atoms with Crippen LogP contribution in [0.3, 0.4) is 0 Å². The Morgan fingerprint density at radius 3 is 3.38 bits per heavy atom. The van der Waals surface area contributed by atoms with Crippen molar-refractivity contribution in [2.45, 2.75) is 18.9 Å². The number of likely N-dealkylation sites (tertiary alicyclic amines) is 1. The molecular weight excluding hydrogens is 164 g/mol. The highest BCUT2D eigenvalue weighted by atomic mass is 15.2. The van der Waals surface area contributed by atoms with E-state index < -0.39 is 0 Å². The fourth-order valence-electron chi connectivity index (χ4n) is 1.91. The molecule has 2 heterocycles. The van der Waals surface area contributed by atoms with Gasteiger partial charge in [-0.15, -0.1) is 0 Å². The fraction of sp³-hybridized carbons (Fsp3) is 0.556. The second kappa shape index (κ2) is 3.58. The van der Waals surface area contributed by atoms with Crippen LogP contribution in [0.4, 0.5) is 0 Å². The molecule has 1 aromatic rings. The highest BCUT2D eigenvalue weighted by Crippen LogP contribution is 2.29. The first kappa shape index (κ1) is 8.27. The van der Waals surface area contributed by atoms with Crippen molar-refractivity contribution in [2.24, 2.45) is 0 Å². The number of aromatic nitrogens is 2. The Labute approximate surface area is 77.2 Å². The van der Waals surface area contributed by atoms with Crippen LogP contribution in [0.25, 0.3) is 0 Å². The zero-order valence-corrected chi connectivity index (χ0v) is 7.40. The summed E-state index contributed by atoms with van der Waals surface area (Å²) in [6.07, 6.45) is 4.06. The van der Waals surface area contributed by atoms with Crippen molar-refractivity contribution in [1.82, 2.24) is 15.1 Å². The summed E-state index contributed by atoms with van der Waals surface area (Å²) >= 11 is 0. The Kier molecular flexibility index (Phi) is 2.28. The average Bonchev–Trinajstić information content (AvgIpc) is 2.71. The van der Waals surface area contributed by atoms with E-state index in [0.29, 0.717) is 12.6 Å². The second-order valence-electron chi connectivity index (χ2n) is 3.30. The topological polar surface area (TPSA) is 55.7 Å². The number of nitrogens with one attached hydrogen (secondary N) is 1. The van der Waals surface area contributed by atoms with E-state index in [4.69, 9.17) is 5.26 Å². The lowest BCUT2D eigenvalue weighted by Crippen LogP contribution is -2.23.